The third kappa shape index (κ3) is 2.43. The Morgan fingerprint density at radius 2 is 1.70 bits per heavy atom. The summed E-state index contributed by atoms with van der Waals surface area (Å²) in [5.74, 6) is 0.656. The Morgan fingerprint density at radius 3 is 2.50 bits per heavy atom. The monoisotopic (exact) mass is 261 g/mol. The van der Waals surface area contributed by atoms with Gasteiger partial charge in [-0.05, 0) is 25.5 Å². The number of nitrogens with zero attached hydrogens (tertiary/aromatic N) is 3. The Hall–Kier alpha value is -2.55. The first-order chi connectivity index (χ1) is 9.74. The van der Waals surface area contributed by atoms with Crippen molar-refractivity contribution in [2.24, 2.45) is 0 Å². The molecule has 0 fully saturated rings. The second-order valence-electron chi connectivity index (χ2n) is 4.85. The van der Waals surface area contributed by atoms with Crippen molar-refractivity contribution < 1.29 is 0 Å². The average molecular weight is 261 g/mol. The molecule has 0 saturated heterocycles. The number of benzene rings is 2. The van der Waals surface area contributed by atoms with Gasteiger partial charge in [0.1, 0.15) is 0 Å². The van der Waals surface area contributed by atoms with Gasteiger partial charge in [-0.25, -0.2) is 4.98 Å². The molecule has 1 heterocycles. The summed E-state index contributed by atoms with van der Waals surface area (Å²) in [6.07, 6.45) is 1.72. The van der Waals surface area contributed by atoms with E-state index in [-0.39, 0.29) is 0 Å². The number of hydrogen-bond acceptors (Lipinski definition) is 3. The topological polar surface area (TPSA) is 38.7 Å². The van der Waals surface area contributed by atoms with Gasteiger partial charge in [-0.1, -0.05) is 48.0 Å². The predicted octanol–water partition coefficient (Wildman–Crippen LogP) is 3.82. The van der Waals surface area contributed by atoms with Crippen molar-refractivity contribution in [2.75, 3.05) is 0 Å². The van der Waals surface area contributed by atoms with E-state index in [0.717, 1.165) is 16.8 Å². The summed E-state index contributed by atoms with van der Waals surface area (Å²) in [5, 5.41) is 8.22. The molecule has 20 heavy (non-hydrogen) atoms. The summed E-state index contributed by atoms with van der Waals surface area (Å²) >= 11 is 0. The predicted molar refractivity (Wildman–Crippen MR) is 80.2 cm³/mol. The van der Waals surface area contributed by atoms with Gasteiger partial charge in [0.15, 0.2) is 5.82 Å². The number of aryl methyl sites for hydroxylation is 2. The Morgan fingerprint density at radius 1 is 0.900 bits per heavy atom. The lowest BCUT2D eigenvalue weighted by atomic mass is 10.0. The van der Waals surface area contributed by atoms with Crippen molar-refractivity contribution in [3.8, 4) is 22.6 Å². The molecule has 1 aromatic heterocycles. The van der Waals surface area contributed by atoms with Gasteiger partial charge in [-0.3, -0.25) is 0 Å². The van der Waals surface area contributed by atoms with E-state index >= 15 is 0 Å². The molecule has 0 radical (unpaired) electrons. The summed E-state index contributed by atoms with van der Waals surface area (Å²) < 4.78 is 0. The molecule has 0 unspecified atom stereocenters. The van der Waals surface area contributed by atoms with Crippen molar-refractivity contribution in [2.45, 2.75) is 13.8 Å². The quantitative estimate of drug-likeness (QED) is 0.704. The van der Waals surface area contributed by atoms with E-state index in [1.165, 1.54) is 11.1 Å². The van der Waals surface area contributed by atoms with Gasteiger partial charge in [0.2, 0.25) is 0 Å². The number of aromatic nitrogens is 3. The van der Waals surface area contributed by atoms with Gasteiger partial charge in [0.05, 0.1) is 11.9 Å². The summed E-state index contributed by atoms with van der Waals surface area (Å²) in [7, 11) is 0. The highest BCUT2D eigenvalue weighted by atomic mass is 15.1. The Labute approximate surface area is 118 Å². The van der Waals surface area contributed by atoms with Crippen molar-refractivity contribution in [3.63, 3.8) is 0 Å². The first-order valence-corrected chi connectivity index (χ1v) is 6.57. The maximum Gasteiger partial charge on any atom is 0.182 e. The van der Waals surface area contributed by atoms with E-state index in [9.17, 15) is 0 Å². The molecule has 0 amide bonds. The SMILES string of the molecule is Cc1ccc(C)c(-c2cnnc(-c3ccccc3)n2)c1. The van der Waals surface area contributed by atoms with Gasteiger partial charge in [-0.2, -0.15) is 5.10 Å². The molecule has 3 aromatic rings. The molecule has 98 valence electrons. The average Bonchev–Trinajstić information content (AvgIpc) is 2.51. The largest absolute Gasteiger partial charge is 0.225 e. The lowest BCUT2D eigenvalue weighted by molar-refractivity contribution is 0.983. The van der Waals surface area contributed by atoms with E-state index in [0.29, 0.717) is 5.82 Å². The van der Waals surface area contributed by atoms with Crippen molar-refractivity contribution in [3.05, 3.63) is 65.9 Å². The Bertz CT molecular complexity index is 736. The van der Waals surface area contributed by atoms with Gasteiger partial charge >= 0.3 is 0 Å². The second kappa shape index (κ2) is 5.21. The second-order valence-corrected chi connectivity index (χ2v) is 4.85. The number of rotatable bonds is 2. The molecule has 3 nitrogen and oxygen atoms in total. The van der Waals surface area contributed by atoms with Crippen LogP contribution in [0.3, 0.4) is 0 Å². The highest BCUT2D eigenvalue weighted by Crippen LogP contribution is 2.23. The molecule has 0 saturated carbocycles. The molecule has 0 atom stereocenters. The van der Waals surface area contributed by atoms with Gasteiger partial charge in [0.25, 0.3) is 0 Å². The summed E-state index contributed by atoms with van der Waals surface area (Å²) in [6.45, 7) is 4.16. The van der Waals surface area contributed by atoms with Crippen LogP contribution in [0.25, 0.3) is 22.6 Å². The van der Waals surface area contributed by atoms with Crippen LogP contribution in [0.4, 0.5) is 0 Å². The molecule has 0 N–H and O–H groups in total. The smallest absolute Gasteiger partial charge is 0.182 e. The maximum atomic E-state index is 4.64. The van der Waals surface area contributed by atoms with E-state index in [1.54, 1.807) is 6.20 Å². The highest BCUT2D eigenvalue weighted by molar-refractivity contribution is 5.66. The first kappa shape index (κ1) is 12.5. The minimum absolute atomic E-state index is 0.656. The number of hydrogen-bond donors (Lipinski definition) is 0. The van der Waals surface area contributed by atoms with Gasteiger partial charge in [-0.15, -0.1) is 5.10 Å². The van der Waals surface area contributed by atoms with Crippen LogP contribution in [0.2, 0.25) is 0 Å². The Kier molecular flexibility index (Phi) is 3.25. The maximum absolute atomic E-state index is 4.64. The van der Waals surface area contributed by atoms with Crippen LogP contribution < -0.4 is 0 Å². The molecular weight excluding hydrogens is 246 g/mol. The standard InChI is InChI=1S/C17H15N3/c1-12-8-9-13(2)15(10-12)16-11-18-20-17(19-16)14-6-4-3-5-7-14/h3-11H,1-2H3. The molecule has 0 aliphatic rings. The summed E-state index contributed by atoms with van der Waals surface area (Å²) in [4.78, 5) is 4.64. The minimum Gasteiger partial charge on any atom is -0.225 e. The summed E-state index contributed by atoms with van der Waals surface area (Å²) in [5.41, 5.74) is 5.35. The highest BCUT2D eigenvalue weighted by Gasteiger charge is 2.07. The van der Waals surface area contributed by atoms with Crippen LogP contribution in [0, 0.1) is 13.8 Å². The molecule has 0 bridgehead atoms. The normalized spacial score (nSPS) is 10.5. The van der Waals surface area contributed by atoms with Crippen LogP contribution in [0.5, 0.6) is 0 Å². The van der Waals surface area contributed by atoms with Crippen LogP contribution in [-0.2, 0) is 0 Å². The zero-order chi connectivity index (χ0) is 13.9. The van der Waals surface area contributed by atoms with E-state index in [1.807, 2.05) is 30.3 Å². The molecule has 0 aliphatic heterocycles. The lowest BCUT2D eigenvalue weighted by Crippen LogP contribution is -1.96. The Balaban J connectivity index is 2.10. The van der Waals surface area contributed by atoms with Crippen molar-refractivity contribution >= 4 is 0 Å². The molecule has 3 rings (SSSR count). The van der Waals surface area contributed by atoms with Gasteiger partial charge < -0.3 is 0 Å². The van der Waals surface area contributed by atoms with Crippen LogP contribution >= 0.6 is 0 Å². The zero-order valence-electron chi connectivity index (χ0n) is 11.5. The fourth-order valence-electron chi connectivity index (χ4n) is 2.15. The van der Waals surface area contributed by atoms with Crippen LogP contribution in [-0.4, -0.2) is 15.2 Å². The van der Waals surface area contributed by atoms with Gasteiger partial charge in [0, 0.05) is 11.1 Å². The van der Waals surface area contributed by atoms with Crippen LogP contribution in [0.1, 0.15) is 11.1 Å². The van der Waals surface area contributed by atoms with E-state index < -0.39 is 0 Å². The fourth-order valence-corrected chi connectivity index (χ4v) is 2.15. The van der Waals surface area contributed by atoms with Crippen molar-refractivity contribution in [1.29, 1.82) is 0 Å². The van der Waals surface area contributed by atoms with E-state index in [2.05, 4.69) is 47.2 Å². The summed E-state index contributed by atoms with van der Waals surface area (Å²) in [6, 6.07) is 16.3. The lowest BCUT2D eigenvalue weighted by Gasteiger charge is -2.07. The van der Waals surface area contributed by atoms with E-state index in [4.69, 9.17) is 0 Å². The molecule has 3 heteroatoms. The molecule has 2 aromatic carbocycles. The molecular formula is C17H15N3. The fraction of sp³-hybridized carbons (Fsp3) is 0.118. The molecule has 0 aliphatic carbocycles. The third-order valence-electron chi connectivity index (χ3n) is 3.26. The first-order valence-electron chi connectivity index (χ1n) is 6.57. The van der Waals surface area contributed by atoms with Crippen LogP contribution in [0.15, 0.2) is 54.7 Å². The zero-order valence-corrected chi connectivity index (χ0v) is 11.5. The van der Waals surface area contributed by atoms with Crippen molar-refractivity contribution in [1.82, 2.24) is 15.2 Å². The molecule has 0 spiro atoms. The minimum atomic E-state index is 0.656. The third-order valence-corrected chi connectivity index (χ3v) is 3.26.